The van der Waals surface area contributed by atoms with Gasteiger partial charge >= 0.3 is 0 Å². The van der Waals surface area contributed by atoms with Crippen molar-refractivity contribution < 1.29 is 4.79 Å². The van der Waals surface area contributed by atoms with E-state index in [1.165, 1.54) is 0 Å². The summed E-state index contributed by atoms with van der Waals surface area (Å²) in [5.74, 6) is 0.0495. The molecule has 2 rings (SSSR count). The molecule has 18 heavy (non-hydrogen) atoms. The molecular weight excluding hydrogens is 292 g/mol. The number of benzene rings is 1. The van der Waals surface area contributed by atoms with Crippen molar-refractivity contribution in [2.75, 3.05) is 11.9 Å². The van der Waals surface area contributed by atoms with Crippen LogP contribution in [-0.2, 0) is 4.79 Å². The van der Waals surface area contributed by atoms with E-state index in [2.05, 4.69) is 26.6 Å². The molecule has 3 nitrogen and oxygen atoms in total. The first kappa shape index (κ1) is 13.6. The number of aryl methyl sites for hydroxylation is 1. The number of rotatable bonds is 2. The molecule has 1 aromatic rings. The van der Waals surface area contributed by atoms with Crippen LogP contribution < -0.4 is 10.6 Å². The summed E-state index contributed by atoms with van der Waals surface area (Å²) in [5.41, 5.74) is 1.52. The number of anilines is 1. The number of hydrogen-bond acceptors (Lipinski definition) is 2. The average Bonchev–Trinajstić information content (AvgIpc) is 2.36. The molecule has 1 amide bonds. The van der Waals surface area contributed by atoms with Gasteiger partial charge in [0.05, 0.1) is 11.2 Å². The third kappa shape index (κ3) is 2.75. The van der Waals surface area contributed by atoms with Crippen LogP contribution in [0.4, 0.5) is 5.69 Å². The number of piperidine rings is 1. The molecule has 1 saturated heterocycles. The van der Waals surface area contributed by atoms with Gasteiger partial charge in [-0.15, -0.1) is 0 Å². The van der Waals surface area contributed by atoms with Crippen LogP contribution in [0.25, 0.3) is 0 Å². The highest BCUT2D eigenvalue weighted by Gasteiger charge is 2.34. The van der Waals surface area contributed by atoms with E-state index < -0.39 is 5.54 Å². The van der Waals surface area contributed by atoms with Gasteiger partial charge in [0.2, 0.25) is 5.91 Å². The lowest BCUT2D eigenvalue weighted by molar-refractivity contribution is -0.122. The van der Waals surface area contributed by atoms with Crippen LogP contribution in [0.1, 0.15) is 31.7 Å². The summed E-state index contributed by atoms with van der Waals surface area (Å²) >= 11 is 3.52. The topological polar surface area (TPSA) is 41.1 Å². The van der Waals surface area contributed by atoms with E-state index in [1.54, 1.807) is 0 Å². The predicted molar refractivity (Wildman–Crippen MR) is 77.8 cm³/mol. The molecule has 1 aliphatic rings. The minimum Gasteiger partial charge on any atom is -0.323 e. The Bertz CT molecular complexity index is 453. The molecule has 98 valence electrons. The number of hydrogen-bond donors (Lipinski definition) is 2. The molecule has 1 heterocycles. The Morgan fingerprint density at radius 1 is 1.44 bits per heavy atom. The van der Waals surface area contributed by atoms with Crippen LogP contribution in [-0.4, -0.2) is 18.0 Å². The molecule has 0 radical (unpaired) electrons. The zero-order chi connectivity index (χ0) is 13.2. The van der Waals surface area contributed by atoms with Crippen molar-refractivity contribution in [3.63, 3.8) is 0 Å². The van der Waals surface area contributed by atoms with Gasteiger partial charge in [-0.25, -0.2) is 0 Å². The maximum atomic E-state index is 12.4. The summed E-state index contributed by atoms with van der Waals surface area (Å²) in [6, 6.07) is 5.88. The average molecular weight is 311 g/mol. The van der Waals surface area contributed by atoms with E-state index >= 15 is 0 Å². The van der Waals surface area contributed by atoms with Crippen molar-refractivity contribution in [3.8, 4) is 0 Å². The fourth-order valence-corrected chi connectivity index (χ4v) is 2.62. The SMILES string of the molecule is Cc1cccc(NC(=O)C2(C)CCCCN2)c1Br. The lowest BCUT2D eigenvalue weighted by Gasteiger charge is -2.33. The molecule has 0 spiro atoms. The monoisotopic (exact) mass is 310 g/mol. The minimum absolute atomic E-state index is 0.0495. The fourth-order valence-electron chi connectivity index (χ4n) is 2.25. The van der Waals surface area contributed by atoms with Crippen LogP contribution in [0.3, 0.4) is 0 Å². The number of halogens is 1. The standard InChI is InChI=1S/C14H19BrN2O/c1-10-6-5-7-11(12(10)15)17-13(18)14(2)8-3-4-9-16-14/h5-7,16H,3-4,8-9H2,1-2H3,(H,17,18). The van der Waals surface area contributed by atoms with Crippen molar-refractivity contribution in [1.29, 1.82) is 0 Å². The van der Waals surface area contributed by atoms with E-state index in [0.29, 0.717) is 0 Å². The van der Waals surface area contributed by atoms with Gasteiger partial charge in [0.15, 0.2) is 0 Å². The van der Waals surface area contributed by atoms with Crippen molar-refractivity contribution in [3.05, 3.63) is 28.2 Å². The first-order valence-corrected chi connectivity index (χ1v) is 7.14. The molecule has 4 heteroatoms. The van der Waals surface area contributed by atoms with Crippen molar-refractivity contribution in [1.82, 2.24) is 5.32 Å². The second kappa shape index (κ2) is 5.41. The van der Waals surface area contributed by atoms with Gasteiger partial charge in [0.1, 0.15) is 0 Å². The molecule has 0 saturated carbocycles. The molecule has 0 aromatic heterocycles. The summed E-state index contributed by atoms with van der Waals surface area (Å²) in [7, 11) is 0. The van der Waals surface area contributed by atoms with Gasteiger partial charge in [0.25, 0.3) is 0 Å². The van der Waals surface area contributed by atoms with Crippen molar-refractivity contribution in [2.24, 2.45) is 0 Å². The first-order chi connectivity index (χ1) is 8.53. The maximum Gasteiger partial charge on any atom is 0.244 e. The Balaban J connectivity index is 2.13. The quantitative estimate of drug-likeness (QED) is 0.880. The fraction of sp³-hybridized carbons (Fsp3) is 0.500. The van der Waals surface area contributed by atoms with Crippen LogP contribution in [0.15, 0.2) is 22.7 Å². The third-order valence-electron chi connectivity index (χ3n) is 3.56. The summed E-state index contributed by atoms with van der Waals surface area (Å²) in [5, 5.41) is 6.34. The summed E-state index contributed by atoms with van der Waals surface area (Å²) in [6.07, 6.45) is 3.14. The van der Waals surface area contributed by atoms with E-state index in [9.17, 15) is 4.79 Å². The molecule has 2 N–H and O–H groups in total. The number of amides is 1. The van der Waals surface area contributed by atoms with E-state index in [0.717, 1.165) is 41.5 Å². The Kier molecular flexibility index (Phi) is 4.07. The smallest absolute Gasteiger partial charge is 0.244 e. The van der Waals surface area contributed by atoms with E-state index in [1.807, 2.05) is 32.0 Å². The highest BCUT2D eigenvalue weighted by atomic mass is 79.9. The summed E-state index contributed by atoms with van der Waals surface area (Å²) < 4.78 is 0.956. The normalized spacial score (nSPS) is 23.7. The first-order valence-electron chi connectivity index (χ1n) is 6.34. The Morgan fingerprint density at radius 3 is 2.89 bits per heavy atom. The molecule has 0 aliphatic carbocycles. The highest BCUT2D eigenvalue weighted by molar-refractivity contribution is 9.10. The summed E-state index contributed by atoms with van der Waals surface area (Å²) in [6.45, 7) is 4.91. The second-order valence-corrected chi connectivity index (χ2v) is 5.90. The van der Waals surface area contributed by atoms with Crippen LogP contribution in [0.5, 0.6) is 0 Å². The largest absolute Gasteiger partial charge is 0.323 e. The van der Waals surface area contributed by atoms with Gasteiger partial charge in [0, 0.05) is 4.47 Å². The van der Waals surface area contributed by atoms with Crippen LogP contribution >= 0.6 is 15.9 Å². The maximum absolute atomic E-state index is 12.4. The number of nitrogens with one attached hydrogen (secondary N) is 2. The van der Waals surface area contributed by atoms with Gasteiger partial charge in [-0.05, 0) is 67.2 Å². The van der Waals surface area contributed by atoms with Gasteiger partial charge in [-0.1, -0.05) is 12.1 Å². The van der Waals surface area contributed by atoms with Crippen molar-refractivity contribution in [2.45, 2.75) is 38.6 Å². The van der Waals surface area contributed by atoms with Crippen LogP contribution in [0, 0.1) is 6.92 Å². The lowest BCUT2D eigenvalue weighted by Crippen LogP contribution is -2.54. The second-order valence-electron chi connectivity index (χ2n) is 5.11. The third-order valence-corrected chi connectivity index (χ3v) is 4.61. The van der Waals surface area contributed by atoms with Gasteiger partial charge in [-0.3, -0.25) is 4.79 Å². The molecule has 1 aromatic carbocycles. The van der Waals surface area contributed by atoms with Gasteiger partial charge in [-0.2, -0.15) is 0 Å². The summed E-state index contributed by atoms with van der Waals surface area (Å²) in [4.78, 5) is 12.4. The van der Waals surface area contributed by atoms with E-state index in [-0.39, 0.29) is 5.91 Å². The number of carbonyl (C=O) groups is 1. The molecule has 1 atom stereocenters. The van der Waals surface area contributed by atoms with Crippen LogP contribution in [0.2, 0.25) is 0 Å². The van der Waals surface area contributed by atoms with E-state index in [4.69, 9.17) is 0 Å². The lowest BCUT2D eigenvalue weighted by atomic mass is 9.90. The van der Waals surface area contributed by atoms with Gasteiger partial charge < -0.3 is 10.6 Å². The zero-order valence-electron chi connectivity index (χ0n) is 10.8. The van der Waals surface area contributed by atoms with Crippen molar-refractivity contribution >= 4 is 27.5 Å². The molecule has 1 aliphatic heterocycles. The Hall–Kier alpha value is -0.870. The zero-order valence-corrected chi connectivity index (χ0v) is 12.4. The number of carbonyl (C=O) groups excluding carboxylic acids is 1. The molecule has 0 bridgehead atoms. The minimum atomic E-state index is -0.443. The highest BCUT2D eigenvalue weighted by Crippen LogP contribution is 2.27. The molecule has 1 fully saturated rings. The Morgan fingerprint density at radius 2 is 2.22 bits per heavy atom. The Labute approximate surface area is 116 Å². The molecular formula is C14H19BrN2O. The predicted octanol–water partition coefficient (Wildman–Crippen LogP) is 3.23. The molecule has 1 unspecified atom stereocenters.